The quantitative estimate of drug-likeness (QED) is 0.651. The highest BCUT2D eigenvalue weighted by molar-refractivity contribution is 7.98. The van der Waals surface area contributed by atoms with Crippen molar-refractivity contribution < 1.29 is 4.79 Å². The summed E-state index contributed by atoms with van der Waals surface area (Å²) in [6, 6.07) is 15.6. The predicted molar refractivity (Wildman–Crippen MR) is 113 cm³/mol. The maximum Gasteiger partial charge on any atom is 0.255 e. The second kappa shape index (κ2) is 7.52. The number of amides is 1. The maximum atomic E-state index is 13.3. The summed E-state index contributed by atoms with van der Waals surface area (Å²) in [5.41, 5.74) is 4.19. The molecule has 0 fully saturated rings. The minimum atomic E-state index is -0.348. The number of carbonyl (C=O) groups is 1. The van der Waals surface area contributed by atoms with Crippen LogP contribution in [0.5, 0.6) is 0 Å². The van der Waals surface area contributed by atoms with Gasteiger partial charge in [0.1, 0.15) is 12.4 Å². The van der Waals surface area contributed by atoms with E-state index in [0.717, 1.165) is 22.5 Å². The summed E-state index contributed by atoms with van der Waals surface area (Å²) in [6.45, 7) is 3.87. The summed E-state index contributed by atoms with van der Waals surface area (Å²) in [4.78, 5) is 18.7. The summed E-state index contributed by atoms with van der Waals surface area (Å²) in [5.74, 6) is 0.475. The Morgan fingerprint density at radius 1 is 1.14 bits per heavy atom. The van der Waals surface area contributed by atoms with Gasteiger partial charge in [-0.2, -0.15) is 10.1 Å². The highest BCUT2D eigenvalue weighted by Crippen LogP contribution is 2.35. The molecule has 1 aliphatic rings. The van der Waals surface area contributed by atoms with Gasteiger partial charge in [-0.25, -0.2) is 4.68 Å². The number of allylic oxidation sites excluding steroid dienone is 1. The molecule has 0 spiro atoms. The first-order valence-corrected chi connectivity index (χ1v) is 10.2. The highest BCUT2D eigenvalue weighted by atomic mass is 32.2. The second-order valence-electron chi connectivity index (χ2n) is 6.64. The SMILES string of the molecule is CSc1ccc(C2C(C(=O)Nc3ccccc3C)=C(C)Nc3ncnn32)cc1. The van der Waals surface area contributed by atoms with Gasteiger partial charge in [0, 0.05) is 16.3 Å². The summed E-state index contributed by atoms with van der Waals surface area (Å²) < 4.78 is 1.76. The zero-order valence-electron chi connectivity index (χ0n) is 15.9. The van der Waals surface area contributed by atoms with Crippen LogP contribution < -0.4 is 10.6 Å². The van der Waals surface area contributed by atoms with Crippen LogP contribution in [0.1, 0.15) is 24.1 Å². The van der Waals surface area contributed by atoms with Crippen LogP contribution in [0.4, 0.5) is 11.6 Å². The van der Waals surface area contributed by atoms with Crippen molar-refractivity contribution in [3.05, 3.63) is 77.3 Å². The molecule has 0 saturated carbocycles. The molecule has 142 valence electrons. The first-order chi connectivity index (χ1) is 13.6. The third-order valence-corrected chi connectivity index (χ3v) is 5.61. The molecule has 7 heteroatoms. The molecule has 1 aromatic heterocycles. The Morgan fingerprint density at radius 2 is 1.89 bits per heavy atom. The third kappa shape index (κ3) is 3.29. The number of hydrogen-bond donors (Lipinski definition) is 2. The van der Waals surface area contributed by atoms with E-state index in [9.17, 15) is 4.79 Å². The van der Waals surface area contributed by atoms with Crippen molar-refractivity contribution in [3.8, 4) is 0 Å². The van der Waals surface area contributed by atoms with E-state index in [4.69, 9.17) is 0 Å². The Bertz CT molecular complexity index is 1050. The average molecular weight is 392 g/mol. The van der Waals surface area contributed by atoms with Crippen molar-refractivity contribution in [3.63, 3.8) is 0 Å². The van der Waals surface area contributed by atoms with Gasteiger partial charge in [-0.3, -0.25) is 4.79 Å². The van der Waals surface area contributed by atoms with Gasteiger partial charge in [0.15, 0.2) is 0 Å². The van der Waals surface area contributed by atoms with Crippen LogP contribution in [0.25, 0.3) is 0 Å². The number of anilines is 2. The lowest BCUT2D eigenvalue weighted by Gasteiger charge is -2.29. The summed E-state index contributed by atoms with van der Waals surface area (Å²) in [6.07, 6.45) is 3.54. The molecule has 1 aliphatic heterocycles. The van der Waals surface area contributed by atoms with Crippen molar-refractivity contribution in [1.29, 1.82) is 0 Å². The molecule has 3 aromatic rings. The van der Waals surface area contributed by atoms with E-state index < -0.39 is 0 Å². The van der Waals surface area contributed by atoms with E-state index in [2.05, 4.69) is 32.8 Å². The van der Waals surface area contributed by atoms with Crippen LogP contribution in [0, 0.1) is 6.92 Å². The molecule has 1 amide bonds. The van der Waals surface area contributed by atoms with E-state index in [1.165, 1.54) is 11.2 Å². The molecule has 28 heavy (non-hydrogen) atoms. The number of aryl methyl sites for hydroxylation is 1. The largest absolute Gasteiger partial charge is 0.328 e. The molecular weight excluding hydrogens is 370 g/mol. The van der Waals surface area contributed by atoms with Crippen molar-refractivity contribution in [2.45, 2.75) is 24.8 Å². The number of thioether (sulfide) groups is 1. The number of benzene rings is 2. The minimum absolute atomic E-state index is 0.153. The Labute approximate surface area is 168 Å². The number of fused-ring (bicyclic) bond motifs is 1. The fourth-order valence-corrected chi connectivity index (χ4v) is 3.79. The van der Waals surface area contributed by atoms with Crippen LogP contribution in [0.15, 0.2) is 71.0 Å². The smallest absolute Gasteiger partial charge is 0.255 e. The Balaban J connectivity index is 1.76. The molecule has 2 aromatic carbocycles. The molecule has 2 heterocycles. The fourth-order valence-electron chi connectivity index (χ4n) is 3.38. The summed E-state index contributed by atoms with van der Waals surface area (Å²) >= 11 is 1.68. The molecule has 4 rings (SSSR count). The zero-order chi connectivity index (χ0) is 19.7. The van der Waals surface area contributed by atoms with E-state index in [1.54, 1.807) is 16.4 Å². The van der Waals surface area contributed by atoms with Crippen molar-refractivity contribution in [2.24, 2.45) is 0 Å². The maximum absolute atomic E-state index is 13.3. The first-order valence-electron chi connectivity index (χ1n) is 8.96. The highest BCUT2D eigenvalue weighted by Gasteiger charge is 2.33. The lowest BCUT2D eigenvalue weighted by molar-refractivity contribution is -0.113. The van der Waals surface area contributed by atoms with Gasteiger partial charge in [-0.05, 0) is 49.4 Å². The predicted octanol–water partition coefficient (Wildman–Crippen LogP) is 4.24. The lowest BCUT2D eigenvalue weighted by Crippen LogP contribution is -2.31. The lowest BCUT2D eigenvalue weighted by atomic mass is 9.95. The van der Waals surface area contributed by atoms with E-state index in [-0.39, 0.29) is 11.9 Å². The van der Waals surface area contributed by atoms with Crippen LogP contribution in [0.3, 0.4) is 0 Å². The normalized spacial score (nSPS) is 15.8. The van der Waals surface area contributed by atoms with Gasteiger partial charge in [0.25, 0.3) is 5.91 Å². The van der Waals surface area contributed by atoms with Gasteiger partial charge in [0.05, 0.1) is 5.57 Å². The molecular formula is C21H21N5OS. The molecule has 2 N–H and O–H groups in total. The van der Waals surface area contributed by atoms with Gasteiger partial charge >= 0.3 is 0 Å². The van der Waals surface area contributed by atoms with Crippen molar-refractivity contribution >= 4 is 29.3 Å². The van der Waals surface area contributed by atoms with Gasteiger partial charge in [0.2, 0.25) is 5.95 Å². The third-order valence-electron chi connectivity index (χ3n) is 4.86. The molecule has 0 bridgehead atoms. The van der Waals surface area contributed by atoms with Gasteiger partial charge in [-0.1, -0.05) is 30.3 Å². The standard InChI is InChI=1S/C21H21N5OS/c1-13-6-4-5-7-17(13)25-20(27)18-14(2)24-21-22-12-23-26(21)19(18)15-8-10-16(28-3)11-9-15/h4-12,19H,1-3H3,(H,25,27)(H,22,23,24). The number of nitrogens with one attached hydrogen (secondary N) is 2. The fraction of sp³-hybridized carbons (Fsp3) is 0.190. The van der Waals surface area contributed by atoms with Crippen molar-refractivity contribution in [2.75, 3.05) is 16.9 Å². The zero-order valence-corrected chi connectivity index (χ0v) is 16.7. The number of rotatable bonds is 4. The Hall–Kier alpha value is -3.06. The molecule has 6 nitrogen and oxygen atoms in total. The summed E-state index contributed by atoms with van der Waals surface area (Å²) in [5, 5.41) is 10.6. The van der Waals surface area contributed by atoms with Crippen LogP contribution in [-0.2, 0) is 4.79 Å². The van der Waals surface area contributed by atoms with E-state index in [1.807, 2.05) is 56.5 Å². The monoisotopic (exact) mass is 391 g/mol. The van der Waals surface area contributed by atoms with Crippen LogP contribution >= 0.6 is 11.8 Å². The van der Waals surface area contributed by atoms with Crippen LogP contribution in [-0.4, -0.2) is 26.9 Å². The van der Waals surface area contributed by atoms with Gasteiger partial charge < -0.3 is 10.6 Å². The molecule has 1 unspecified atom stereocenters. The first kappa shape index (κ1) is 18.3. The molecule has 0 saturated heterocycles. The van der Waals surface area contributed by atoms with E-state index in [0.29, 0.717) is 11.5 Å². The molecule has 0 radical (unpaired) electrons. The Morgan fingerprint density at radius 3 is 2.61 bits per heavy atom. The molecule has 1 atom stereocenters. The summed E-state index contributed by atoms with van der Waals surface area (Å²) in [7, 11) is 0. The topological polar surface area (TPSA) is 71.8 Å². The number of hydrogen-bond acceptors (Lipinski definition) is 5. The number of aromatic nitrogens is 3. The minimum Gasteiger partial charge on any atom is -0.328 e. The molecule has 0 aliphatic carbocycles. The van der Waals surface area contributed by atoms with Crippen molar-refractivity contribution in [1.82, 2.24) is 14.8 Å². The van der Waals surface area contributed by atoms with Crippen LogP contribution in [0.2, 0.25) is 0 Å². The Kier molecular flexibility index (Phi) is 4.92. The van der Waals surface area contributed by atoms with E-state index >= 15 is 0 Å². The average Bonchev–Trinajstić information content (AvgIpc) is 3.16. The number of para-hydroxylation sites is 1. The van der Waals surface area contributed by atoms with Gasteiger partial charge in [-0.15, -0.1) is 11.8 Å². The second-order valence-corrected chi connectivity index (χ2v) is 7.52. The number of carbonyl (C=O) groups excluding carboxylic acids is 1. The number of nitrogens with zero attached hydrogens (tertiary/aromatic N) is 3.